The molecule has 4 rings (SSSR count). The predicted molar refractivity (Wildman–Crippen MR) is 97.0 cm³/mol. The summed E-state index contributed by atoms with van der Waals surface area (Å²) in [6.45, 7) is 0.870. The van der Waals surface area contributed by atoms with Gasteiger partial charge in [0, 0.05) is 6.42 Å². The van der Waals surface area contributed by atoms with Gasteiger partial charge in [-0.05, 0) is 28.3 Å². The van der Waals surface area contributed by atoms with Gasteiger partial charge in [-0.1, -0.05) is 72.8 Å². The highest BCUT2D eigenvalue weighted by Gasteiger charge is 2.18. The van der Waals surface area contributed by atoms with Crippen molar-refractivity contribution in [1.29, 1.82) is 0 Å². The maximum atomic E-state index is 4.72. The van der Waals surface area contributed by atoms with E-state index < -0.39 is 0 Å². The first kappa shape index (κ1) is 14.0. The number of hydrogen-bond donors (Lipinski definition) is 1. The van der Waals surface area contributed by atoms with Gasteiger partial charge in [0.2, 0.25) is 0 Å². The quantitative estimate of drug-likeness (QED) is 0.774. The Morgan fingerprint density at radius 1 is 0.870 bits per heavy atom. The first-order valence-corrected chi connectivity index (χ1v) is 8.19. The highest BCUT2D eigenvalue weighted by molar-refractivity contribution is 5.92. The van der Waals surface area contributed by atoms with E-state index in [0.717, 1.165) is 25.2 Å². The fraction of sp³-hybridized carbons (Fsp3) is 0.190. The first-order chi connectivity index (χ1) is 11.4. The lowest BCUT2D eigenvalue weighted by molar-refractivity contribution is 0.652. The Bertz CT molecular complexity index is 831. The summed E-state index contributed by atoms with van der Waals surface area (Å²) in [4.78, 5) is 4.72. The summed E-state index contributed by atoms with van der Waals surface area (Å²) in [5, 5.41) is 6.22. The zero-order chi connectivity index (χ0) is 15.5. The molecule has 1 N–H and O–H groups in total. The van der Waals surface area contributed by atoms with Crippen LogP contribution < -0.4 is 5.32 Å². The molecule has 1 aliphatic heterocycles. The van der Waals surface area contributed by atoms with Crippen LogP contribution in [0.2, 0.25) is 0 Å². The van der Waals surface area contributed by atoms with Crippen LogP contribution in [0.4, 0.5) is 0 Å². The van der Waals surface area contributed by atoms with Crippen molar-refractivity contribution in [3.05, 3.63) is 83.9 Å². The predicted octanol–water partition coefficient (Wildman–Crippen LogP) is 4.00. The van der Waals surface area contributed by atoms with E-state index in [4.69, 9.17) is 4.99 Å². The molecular weight excluding hydrogens is 280 g/mol. The summed E-state index contributed by atoms with van der Waals surface area (Å²) in [6.07, 6.45) is 1.91. The molecule has 114 valence electrons. The van der Waals surface area contributed by atoms with E-state index in [9.17, 15) is 0 Å². The monoisotopic (exact) mass is 300 g/mol. The maximum Gasteiger partial charge on any atom is 0.101 e. The third kappa shape index (κ3) is 3.11. The van der Waals surface area contributed by atoms with E-state index in [1.54, 1.807) is 0 Å². The molecular formula is C21H20N2. The largest absolute Gasteiger partial charge is 0.369 e. The van der Waals surface area contributed by atoms with Crippen molar-refractivity contribution in [2.24, 2.45) is 4.99 Å². The number of fused-ring (bicyclic) bond motifs is 1. The van der Waals surface area contributed by atoms with Crippen LogP contribution in [0, 0.1) is 0 Å². The smallest absolute Gasteiger partial charge is 0.101 e. The second-order valence-electron chi connectivity index (χ2n) is 6.13. The normalized spacial score (nSPS) is 17.0. The molecule has 0 bridgehead atoms. The zero-order valence-corrected chi connectivity index (χ0v) is 13.1. The molecule has 3 aromatic rings. The highest BCUT2D eigenvalue weighted by Crippen LogP contribution is 2.20. The summed E-state index contributed by atoms with van der Waals surface area (Å²) < 4.78 is 0. The summed E-state index contributed by atoms with van der Waals surface area (Å²) in [7, 11) is 0. The Morgan fingerprint density at radius 3 is 2.57 bits per heavy atom. The van der Waals surface area contributed by atoms with Crippen LogP contribution >= 0.6 is 0 Å². The standard InChI is InChI=1S/C21H20N2/c1-2-7-16(8-3-1)13-19-15-22-21(23-19)14-18-11-6-10-17-9-4-5-12-20(17)18/h1-12,19H,13-15H2,(H,22,23)/t19-/m1/s1. The van der Waals surface area contributed by atoms with Gasteiger partial charge >= 0.3 is 0 Å². The van der Waals surface area contributed by atoms with Crippen LogP contribution in [0.15, 0.2) is 77.8 Å². The minimum Gasteiger partial charge on any atom is -0.369 e. The van der Waals surface area contributed by atoms with E-state index in [1.165, 1.54) is 21.9 Å². The van der Waals surface area contributed by atoms with Gasteiger partial charge in [-0.15, -0.1) is 0 Å². The average molecular weight is 300 g/mol. The van der Waals surface area contributed by atoms with Gasteiger partial charge in [-0.3, -0.25) is 4.99 Å². The number of nitrogens with one attached hydrogen (secondary N) is 1. The zero-order valence-electron chi connectivity index (χ0n) is 13.1. The molecule has 3 aromatic carbocycles. The van der Waals surface area contributed by atoms with E-state index in [-0.39, 0.29) is 0 Å². The molecule has 0 unspecified atom stereocenters. The Hall–Kier alpha value is -2.61. The van der Waals surface area contributed by atoms with Crippen LogP contribution in [-0.4, -0.2) is 18.4 Å². The van der Waals surface area contributed by atoms with Gasteiger partial charge in [-0.25, -0.2) is 0 Å². The number of benzene rings is 3. The third-order valence-electron chi connectivity index (χ3n) is 4.44. The van der Waals surface area contributed by atoms with Crippen molar-refractivity contribution in [3.8, 4) is 0 Å². The second kappa shape index (κ2) is 6.25. The molecule has 0 fully saturated rings. The van der Waals surface area contributed by atoms with Crippen molar-refractivity contribution in [3.63, 3.8) is 0 Å². The van der Waals surface area contributed by atoms with Crippen molar-refractivity contribution < 1.29 is 0 Å². The fourth-order valence-electron chi connectivity index (χ4n) is 3.30. The van der Waals surface area contributed by atoms with Gasteiger partial charge in [0.25, 0.3) is 0 Å². The van der Waals surface area contributed by atoms with Crippen LogP contribution in [0.3, 0.4) is 0 Å². The summed E-state index contributed by atoms with van der Waals surface area (Å²) in [5.41, 5.74) is 2.71. The molecule has 1 atom stereocenters. The number of rotatable bonds is 4. The van der Waals surface area contributed by atoms with Crippen molar-refractivity contribution in [1.82, 2.24) is 5.32 Å². The second-order valence-corrected chi connectivity index (χ2v) is 6.13. The molecule has 0 spiro atoms. The van der Waals surface area contributed by atoms with E-state index >= 15 is 0 Å². The van der Waals surface area contributed by atoms with Gasteiger partial charge in [-0.2, -0.15) is 0 Å². The number of nitrogens with zero attached hydrogens (tertiary/aromatic N) is 1. The lowest BCUT2D eigenvalue weighted by atomic mass is 10.0. The summed E-state index contributed by atoms with van der Waals surface area (Å²) in [5.74, 6) is 1.11. The summed E-state index contributed by atoms with van der Waals surface area (Å²) in [6, 6.07) is 26.1. The molecule has 0 radical (unpaired) electrons. The molecule has 2 nitrogen and oxygen atoms in total. The Kier molecular flexibility index (Phi) is 3.81. The third-order valence-corrected chi connectivity index (χ3v) is 4.44. The maximum absolute atomic E-state index is 4.72. The lowest BCUT2D eigenvalue weighted by Crippen LogP contribution is -2.32. The SMILES string of the molecule is c1ccc(C[C@@H]2CN=C(Cc3cccc4ccccc34)N2)cc1. The Labute approximate surface area is 136 Å². The Balaban J connectivity index is 1.46. The average Bonchev–Trinajstić information content (AvgIpc) is 3.03. The molecule has 23 heavy (non-hydrogen) atoms. The van der Waals surface area contributed by atoms with Crippen molar-refractivity contribution in [2.75, 3.05) is 6.54 Å². The minimum absolute atomic E-state index is 0.419. The molecule has 0 aromatic heterocycles. The Morgan fingerprint density at radius 2 is 1.65 bits per heavy atom. The molecule has 0 amide bonds. The van der Waals surface area contributed by atoms with Crippen LogP contribution in [-0.2, 0) is 12.8 Å². The molecule has 0 saturated heterocycles. The van der Waals surface area contributed by atoms with Crippen molar-refractivity contribution in [2.45, 2.75) is 18.9 Å². The van der Waals surface area contributed by atoms with Gasteiger partial charge < -0.3 is 5.32 Å². The van der Waals surface area contributed by atoms with Gasteiger partial charge in [0.15, 0.2) is 0 Å². The van der Waals surface area contributed by atoms with Crippen LogP contribution in [0.5, 0.6) is 0 Å². The minimum atomic E-state index is 0.419. The summed E-state index contributed by atoms with van der Waals surface area (Å²) >= 11 is 0. The number of hydrogen-bond acceptors (Lipinski definition) is 2. The topological polar surface area (TPSA) is 24.4 Å². The van der Waals surface area contributed by atoms with E-state index in [1.807, 2.05) is 0 Å². The number of amidine groups is 1. The van der Waals surface area contributed by atoms with Crippen molar-refractivity contribution >= 4 is 16.6 Å². The van der Waals surface area contributed by atoms with E-state index in [2.05, 4.69) is 78.1 Å². The van der Waals surface area contributed by atoms with Crippen LogP contribution in [0.25, 0.3) is 10.8 Å². The molecule has 2 heteroatoms. The first-order valence-electron chi connectivity index (χ1n) is 8.19. The lowest BCUT2D eigenvalue weighted by Gasteiger charge is -2.12. The molecule has 0 aliphatic carbocycles. The van der Waals surface area contributed by atoms with E-state index in [0.29, 0.717) is 6.04 Å². The fourth-order valence-corrected chi connectivity index (χ4v) is 3.30. The van der Waals surface area contributed by atoms with Gasteiger partial charge in [0.05, 0.1) is 12.6 Å². The number of aliphatic imine (C=N–C) groups is 1. The van der Waals surface area contributed by atoms with Gasteiger partial charge in [0.1, 0.15) is 5.84 Å². The highest BCUT2D eigenvalue weighted by atomic mass is 15.1. The molecule has 0 saturated carbocycles. The van der Waals surface area contributed by atoms with Crippen LogP contribution in [0.1, 0.15) is 11.1 Å². The molecule has 1 aliphatic rings. The molecule has 1 heterocycles.